The molecule has 0 spiro atoms. The summed E-state index contributed by atoms with van der Waals surface area (Å²) in [6.07, 6.45) is 4.30. The standard InChI is InChI=1S/C14H13NO2/c1-2-17-14-7-11(10-16)6-13(8-14)12-4-3-5-15-9-12/h3-10H,2H2,1H3. The van der Waals surface area contributed by atoms with Crippen molar-refractivity contribution in [2.24, 2.45) is 0 Å². The molecule has 0 fully saturated rings. The van der Waals surface area contributed by atoms with Gasteiger partial charge >= 0.3 is 0 Å². The van der Waals surface area contributed by atoms with Crippen LogP contribution in [-0.4, -0.2) is 17.9 Å². The largest absolute Gasteiger partial charge is 0.494 e. The summed E-state index contributed by atoms with van der Waals surface area (Å²) >= 11 is 0. The molecule has 0 aliphatic carbocycles. The van der Waals surface area contributed by atoms with Crippen molar-refractivity contribution in [1.82, 2.24) is 4.98 Å². The highest BCUT2D eigenvalue weighted by Crippen LogP contribution is 2.25. The Balaban J connectivity index is 2.46. The Hall–Kier alpha value is -2.16. The summed E-state index contributed by atoms with van der Waals surface area (Å²) in [7, 11) is 0. The van der Waals surface area contributed by atoms with Crippen LogP contribution in [0.25, 0.3) is 11.1 Å². The summed E-state index contributed by atoms with van der Waals surface area (Å²) in [4.78, 5) is 14.9. The van der Waals surface area contributed by atoms with Crippen LogP contribution in [0.4, 0.5) is 0 Å². The van der Waals surface area contributed by atoms with Gasteiger partial charge in [0.2, 0.25) is 0 Å². The van der Waals surface area contributed by atoms with Crippen molar-refractivity contribution in [1.29, 1.82) is 0 Å². The SMILES string of the molecule is CCOc1cc(C=O)cc(-c2cccnc2)c1. The topological polar surface area (TPSA) is 39.2 Å². The fraction of sp³-hybridized carbons (Fsp3) is 0.143. The maximum atomic E-state index is 10.9. The number of nitrogens with zero attached hydrogens (tertiary/aromatic N) is 1. The van der Waals surface area contributed by atoms with Crippen LogP contribution in [-0.2, 0) is 0 Å². The molecule has 1 heterocycles. The molecule has 3 heteroatoms. The second-order valence-corrected chi connectivity index (χ2v) is 3.58. The van der Waals surface area contributed by atoms with Crippen LogP contribution in [0.5, 0.6) is 5.75 Å². The first kappa shape index (κ1) is 11.3. The van der Waals surface area contributed by atoms with Gasteiger partial charge in [0, 0.05) is 23.5 Å². The van der Waals surface area contributed by atoms with Crippen LogP contribution >= 0.6 is 0 Å². The number of rotatable bonds is 4. The van der Waals surface area contributed by atoms with E-state index in [0.29, 0.717) is 17.9 Å². The smallest absolute Gasteiger partial charge is 0.150 e. The molecule has 0 N–H and O–H groups in total. The molecule has 1 aromatic carbocycles. The molecule has 17 heavy (non-hydrogen) atoms. The van der Waals surface area contributed by atoms with Crippen molar-refractivity contribution in [3.63, 3.8) is 0 Å². The summed E-state index contributed by atoms with van der Waals surface area (Å²) in [5.74, 6) is 0.705. The van der Waals surface area contributed by atoms with Gasteiger partial charge in [0.1, 0.15) is 12.0 Å². The number of carbonyl (C=O) groups is 1. The molecular weight excluding hydrogens is 214 g/mol. The molecule has 3 nitrogen and oxygen atoms in total. The third kappa shape index (κ3) is 2.69. The lowest BCUT2D eigenvalue weighted by Gasteiger charge is -2.07. The van der Waals surface area contributed by atoms with E-state index >= 15 is 0 Å². The maximum absolute atomic E-state index is 10.9. The predicted octanol–water partition coefficient (Wildman–Crippen LogP) is 2.96. The van der Waals surface area contributed by atoms with E-state index in [9.17, 15) is 4.79 Å². The first-order chi connectivity index (χ1) is 8.33. The summed E-state index contributed by atoms with van der Waals surface area (Å²) in [5.41, 5.74) is 2.51. The molecule has 0 unspecified atom stereocenters. The molecule has 0 amide bonds. The average molecular weight is 227 g/mol. The van der Waals surface area contributed by atoms with Crippen LogP contribution < -0.4 is 4.74 Å². The highest BCUT2D eigenvalue weighted by atomic mass is 16.5. The fourth-order valence-corrected chi connectivity index (χ4v) is 1.64. The van der Waals surface area contributed by atoms with Gasteiger partial charge in [-0.1, -0.05) is 6.07 Å². The van der Waals surface area contributed by atoms with Gasteiger partial charge < -0.3 is 4.74 Å². The third-order valence-electron chi connectivity index (χ3n) is 2.37. The van der Waals surface area contributed by atoms with E-state index in [-0.39, 0.29) is 0 Å². The molecule has 2 aromatic rings. The highest BCUT2D eigenvalue weighted by molar-refractivity contribution is 5.80. The Bertz CT molecular complexity index is 509. The molecule has 0 aliphatic rings. The molecule has 1 aromatic heterocycles. The Morgan fingerprint density at radius 2 is 2.18 bits per heavy atom. The molecule has 86 valence electrons. The van der Waals surface area contributed by atoms with E-state index in [2.05, 4.69) is 4.98 Å². The van der Waals surface area contributed by atoms with Crippen molar-refractivity contribution < 1.29 is 9.53 Å². The van der Waals surface area contributed by atoms with E-state index in [0.717, 1.165) is 17.4 Å². The van der Waals surface area contributed by atoms with Crippen molar-refractivity contribution in [2.45, 2.75) is 6.92 Å². The number of pyridine rings is 1. The number of hydrogen-bond donors (Lipinski definition) is 0. The van der Waals surface area contributed by atoms with E-state index in [1.54, 1.807) is 18.5 Å². The number of benzene rings is 1. The summed E-state index contributed by atoms with van der Waals surface area (Å²) in [6, 6.07) is 9.28. The predicted molar refractivity (Wildman–Crippen MR) is 66.2 cm³/mol. The quantitative estimate of drug-likeness (QED) is 0.754. The number of carbonyl (C=O) groups excluding carboxylic acids is 1. The average Bonchev–Trinajstić information content (AvgIpc) is 2.40. The normalized spacial score (nSPS) is 9.94. The van der Waals surface area contributed by atoms with Gasteiger partial charge in [0.05, 0.1) is 6.61 Å². The number of ether oxygens (including phenoxy) is 1. The van der Waals surface area contributed by atoms with E-state index < -0.39 is 0 Å². The molecule has 0 aliphatic heterocycles. The summed E-state index contributed by atoms with van der Waals surface area (Å²) in [5, 5.41) is 0. The highest BCUT2D eigenvalue weighted by Gasteiger charge is 2.03. The molecule has 0 saturated heterocycles. The third-order valence-corrected chi connectivity index (χ3v) is 2.37. The van der Waals surface area contributed by atoms with Crippen molar-refractivity contribution in [3.8, 4) is 16.9 Å². The molecular formula is C14H13NO2. The Morgan fingerprint density at radius 1 is 1.29 bits per heavy atom. The molecule has 0 saturated carbocycles. The number of hydrogen-bond acceptors (Lipinski definition) is 3. The van der Waals surface area contributed by atoms with Crippen molar-refractivity contribution in [2.75, 3.05) is 6.61 Å². The van der Waals surface area contributed by atoms with Gasteiger partial charge in [-0.2, -0.15) is 0 Å². The molecule has 0 bridgehead atoms. The van der Waals surface area contributed by atoms with Gasteiger partial charge in [-0.3, -0.25) is 9.78 Å². The first-order valence-electron chi connectivity index (χ1n) is 5.47. The minimum absolute atomic E-state index is 0.578. The Morgan fingerprint density at radius 3 is 2.82 bits per heavy atom. The minimum Gasteiger partial charge on any atom is -0.494 e. The van der Waals surface area contributed by atoms with Crippen LogP contribution in [0.3, 0.4) is 0 Å². The molecule has 0 atom stereocenters. The van der Waals surface area contributed by atoms with Crippen molar-refractivity contribution in [3.05, 3.63) is 48.3 Å². The lowest BCUT2D eigenvalue weighted by molar-refractivity contribution is 0.112. The molecule has 2 rings (SSSR count). The summed E-state index contributed by atoms with van der Waals surface area (Å²) < 4.78 is 5.43. The minimum atomic E-state index is 0.578. The fourth-order valence-electron chi connectivity index (χ4n) is 1.64. The Kier molecular flexibility index (Phi) is 3.50. The molecule has 0 radical (unpaired) electrons. The van der Waals surface area contributed by atoms with Gasteiger partial charge in [0.25, 0.3) is 0 Å². The van der Waals surface area contributed by atoms with Gasteiger partial charge in [-0.25, -0.2) is 0 Å². The zero-order valence-electron chi connectivity index (χ0n) is 9.59. The lowest BCUT2D eigenvalue weighted by Crippen LogP contribution is -1.93. The van der Waals surface area contributed by atoms with Crippen LogP contribution in [0, 0.1) is 0 Å². The Labute approximate surface area is 100 Å². The maximum Gasteiger partial charge on any atom is 0.150 e. The lowest BCUT2D eigenvalue weighted by atomic mass is 10.0. The second-order valence-electron chi connectivity index (χ2n) is 3.58. The van der Waals surface area contributed by atoms with Crippen LogP contribution in [0.1, 0.15) is 17.3 Å². The van der Waals surface area contributed by atoms with Crippen LogP contribution in [0.2, 0.25) is 0 Å². The van der Waals surface area contributed by atoms with E-state index in [1.807, 2.05) is 31.2 Å². The first-order valence-corrected chi connectivity index (χ1v) is 5.47. The second kappa shape index (κ2) is 5.25. The van der Waals surface area contributed by atoms with Gasteiger partial charge in [0.15, 0.2) is 0 Å². The number of aldehydes is 1. The van der Waals surface area contributed by atoms with E-state index in [1.165, 1.54) is 0 Å². The van der Waals surface area contributed by atoms with Gasteiger partial charge in [-0.05, 0) is 36.8 Å². The zero-order chi connectivity index (χ0) is 12.1. The van der Waals surface area contributed by atoms with Crippen LogP contribution in [0.15, 0.2) is 42.7 Å². The van der Waals surface area contributed by atoms with E-state index in [4.69, 9.17) is 4.74 Å². The number of aromatic nitrogens is 1. The monoisotopic (exact) mass is 227 g/mol. The zero-order valence-corrected chi connectivity index (χ0v) is 9.59. The summed E-state index contributed by atoms with van der Waals surface area (Å²) in [6.45, 7) is 2.49. The van der Waals surface area contributed by atoms with Crippen molar-refractivity contribution >= 4 is 6.29 Å². The van der Waals surface area contributed by atoms with Gasteiger partial charge in [-0.15, -0.1) is 0 Å².